The van der Waals surface area contributed by atoms with Gasteiger partial charge in [-0.25, -0.2) is 4.39 Å². The first-order chi connectivity index (χ1) is 11.2. The van der Waals surface area contributed by atoms with Gasteiger partial charge < -0.3 is 10.1 Å². The highest BCUT2D eigenvalue weighted by atomic mass is 32.2. The van der Waals surface area contributed by atoms with Crippen molar-refractivity contribution in [3.05, 3.63) is 59.9 Å². The van der Waals surface area contributed by atoms with Crippen molar-refractivity contribution in [1.82, 2.24) is 5.32 Å². The van der Waals surface area contributed by atoms with Crippen LogP contribution in [0.3, 0.4) is 0 Å². The molecule has 0 unspecified atom stereocenters. The highest BCUT2D eigenvalue weighted by molar-refractivity contribution is 8.00. The summed E-state index contributed by atoms with van der Waals surface area (Å²) in [6.07, 6.45) is 0.694. The van der Waals surface area contributed by atoms with Gasteiger partial charge in [0, 0.05) is 11.4 Å². The number of amides is 1. The molecule has 0 bridgehead atoms. The molecular weight excluding hydrogens is 313 g/mol. The monoisotopic (exact) mass is 333 g/mol. The zero-order valence-electron chi connectivity index (χ0n) is 13.0. The smallest absolute Gasteiger partial charge is 0.230 e. The molecule has 0 aliphatic rings. The van der Waals surface area contributed by atoms with E-state index in [2.05, 4.69) is 5.32 Å². The van der Waals surface area contributed by atoms with Crippen LogP contribution < -0.4 is 10.1 Å². The lowest BCUT2D eigenvalue weighted by molar-refractivity contribution is -0.118. The molecule has 23 heavy (non-hydrogen) atoms. The molecule has 122 valence electrons. The molecule has 3 nitrogen and oxygen atoms in total. The highest BCUT2D eigenvalue weighted by Gasteiger charge is 2.03. The Kier molecular flexibility index (Phi) is 6.94. The summed E-state index contributed by atoms with van der Waals surface area (Å²) in [4.78, 5) is 12.8. The van der Waals surface area contributed by atoms with Gasteiger partial charge in [-0.05, 0) is 55.3 Å². The number of rotatable bonds is 8. The Bertz CT molecular complexity index is 614. The van der Waals surface area contributed by atoms with Crippen LogP contribution in [0.1, 0.15) is 12.5 Å². The first-order valence-corrected chi connectivity index (χ1v) is 8.52. The lowest BCUT2D eigenvalue weighted by Gasteiger charge is -2.06. The minimum absolute atomic E-state index is 0.00834. The van der Waals surface area contributed by atoms with Gasteiger partial charge in [-0.1, -0.05) is 12.1 Å². The molecule has 2 aromatic carbocycles. The summed E-state index contributed by atoms with van der Waals surface area (Å²) in [6.45, 7) is 3.14. The Morgan fingerprint density at radius 3 is 2.48 bits per heavy atom. The molecule has 0 atom stereocenters. The lowest BCUT2D eigenvalue weighted by Crippen LogP contribution is -2.27. The van der Waals surface area contributed by atoms with Crippen molar-refractivity contribution in [2.24, 2.45) is 0 Å². The van der Waals surface area contributed by atoms with Crippen molar-refractivity contribution in [2.75, 3.05) is 18.9 Å². The molecular formula is C18H20FNO2S. The number of thioether (sulfide) groups is 1. The van der Waals surface area contributed by atoms with Crippen LogP contribution in [-0.4, -0.2) is 24.8 Å². The fourth-order valence-corrected chi connectivity index (χ4v) is 2.72. The van der Waals surface area contributed by atoms with Gasteiger partial charge in [-0.15, -0.1) is 11.8 Å². The summed E-state index contributed by atoms with van der Waals surface area (Å²) in [5, 5.41) is 2.87. The fraction of sp³-hybridized carbons (Fsp3) is 0.278. The summed E-state index contributed by atoms with van der Waals surface area (Å²) in [6, 6.07) is 14.0. The third kappa shape index (κ3) is 6.32. The maximum atomic E-state index is 12.8. The number of carbonyl (C=O) groups excluding carboxylic acids is 1. The quantitative estimate of drug-likeness (QED) is 0.749. The van der Waals surface area contributed by atoms with Crippen LogP contribution in [0.15, 0.2) is 53.4 Å². The van der Waals surface area contributed by atoms with Crippen LogP contribution in [-0.2, 0) is 11.2 Å². The molecule has 0 aliphatic carbocycles. The normalized spacial score (nSPS) is 10.3. The van der Waals surface area contributed by atoms with Gasteiger partial charge in [0.1, 0.15) is 11.6 Å². The number of nitrogens with one attached hydrogen (secondary N) is 1. The largest absolute Gasteiger partial charge is 0.494 e. The van der Waals surface area contributed by atoms with Gasteiger partial charge in [-0.2, -0.15) is 0 Å². The van der Waals surface area contributed by atoms with Crippen molar-refractivity contribution < 1.29 is 13.9 Å². The number of benzene rings is 2. The molecule has 2 rings (SSSR count). The van der Waals surface area contributed by atoms with Crippen LogP contribution in [0.5, 0.6) is 5.75 Å². The first kappa shape index (κ1) is 17.3. The molecule has 0 aromatic heterocycles. The Morgan fingerprint density at radius 1 is 1.13 bits per heavy atom. The van der Waals surface area contributed by atoms with Crippen LogP contribution in [0.25, 0.3) is 0 Å². The SMILES string of the molecule is CCOc1ccc(SCC(=O)NCCc2ccc(F)cc2)cc1. The van der Waals surface area contributed by atoms with E-state index in [1.54, 1.807) is 12.1 Å². The Labute approximate surface area is 140 Å². The van der Waals surface area contributed by atoms with E-state index in [4.69, 9.17) is 4.74 Å². The molecule has 0 saturated carbocycles. The highest BCUT2D eigenvalue weighted by Crippen LogP contribution is 2.21. The van der Waals surface area contributed by atoms with Crippen molar-refractivity contribution in [2.45, 2.75) is 18.2 Å². The average molecular weight is 333 g/mol. The standard InChI is InChI=1S/C18H20FNO2S/c1-2-22-16-7-9-17(10-8-16)23-13-18(21)20-12-11-14-3-5-15(19)6-4-14/h3-10H,2,11-13H2,1H3,(H,20,21). The minimum Gasteiger partial charge on any atom is -0.494 e. The van der Waals surface area contributed by atoms with E-state index in [1.807, 2.05) is 31.2 Å². The second-order valence-corrected chi connectivity index (χ2v) is 5.97. The van der Waals surface area contributed by atoms with Crippen molar-refractivity contribution in [3.8, 4) is 5.75 Å². The van der Waals surface area contributed by atoms with Gasteiger partial charge in [0.15, 0.2) is 0 Å². The summed E-state index contributed by atoms with van der Waals surface area (Å²) in [5.41, 5.74) is 1.01. The average Bonchev–Trinajstić information content (AvgIpc) is 2.56. The second-order valence-electron chi connectivity index (χ2n) is 4.92. The number of hydrogen-bond acceptors (Lipinski definition) is 3. The van der Waals surface area contributed by atoms with Gasteiger partial charge in [0.05, 0.1) is 12.4 Å². The molecule has 0 spiro atoms. The van der Waals surface area contributed by atoms with E-state index in [0.717, 1.165) is 16.2 Å². The van der Waals surface area contributed by atoms with E-state index < -0.39 is 0 Å². The van der Waals surface area contributed by atoms with Gasteiger partial charge in [0.2, 0.25) is 5.91 Å². The van der Waals surface area contributed by atoms with Gasteiger partial charge >= 0.3 is 0 Å². The Balaban J connectivity index is 1.67. The number of ether oxygens (including phenoxy) is 1. The predicted octanol–water partition coefficient (Wildman–Crippen LogP) is 3.68. The summed E-state index contributed by atoms with van der Waals surface area (Å²) in [5.74, 6) is 0.952. The van der Waals surface area contributed by atoms with Gasteiger partial charge in [-0.3, -0.25) is 4.79 Å². The van der Waals surface area contributed by atoms with Crippen LogP contribution >= 0.6 is 11.8 Å². The summed E-state index contributed by atoms with van der Waals surface area (Å²) >= 11 is 1.49. The van der Waals surface area contributed by atoms with E-state index in [1.165, 1.54) is 23.9 Å². The second kappa shape index (κ2) is 9.20. The van der Waals surface area contributed by atoms with Crippen LogP contribution in [0.4, 0.5) is 4.39 Å². The zero-order chi connectivity index (χ0) is 16.5. The van der Waals surface area contributed by atoms with Crippen molar-refractivity contribution >= 4 is 17.7 Å². The van der Waals surface area contributed by atoms with Crippen molar-refractivity contribution in [1.29, 1.82) is 0 Å². The number of carbonyl (C=O) groups is 1. The molecule has 0 heterocycles. The zero-order valence-corrected chi connectivity index (χ0v) is 13.9. The van der Waals surface area contributed by atoms with E-state index in [0.29, 0.717) is 25.3 Å². The van der Waals surface area contributed by atoms with E-state index >= 15 is 0 Å². The fourth-order valence-electron chi connectivity index (χ4n) is 2.00. The maximum Gasteiger partial charge on any atom is 0.230 e. The van der Waals surface area contributed by atoms with Gasteiger partial charge in [0.25, 0.3) is 0 Å². The van der Waals surface area contributed by atoms with E-state index in [-0.39, 0.29) is 11.7 Å². The Morgan fingerprint density at radius 2 is 1.83 bits per heavy atom. The minimum atomic E-state index is -0.246. The third-order valence-electron chi connectivity index (χ3n) is 3.15. The van der Waals surface area contributed by atoms with E-state index in [9.17, 15) is 9.18 Å². The summed E-state index contributed by atoms with van der Waals surface area (Å²) < 4.78 is 18.2. The Hall–Kier alpha value is -2.01. The summed E-state index contributed by atoms with van der Waals surface area (Å²) in [7, 11) is 0. The number of halogens is 1. The molecule has 0 radical (unpaired) electrons. The van der Waals surface area contributed by atoms with Crippen LogP contribution in [0.2, 0.25) is 0 Å². The molecule has 5 heteroatoms. The third-order valence-corrected chi connectivity index (χ3v) is 4.17. The molecule has 0 saturated heterocycles. The van der Waals surface area contributed by atoms with Crippen molar-refractivity contribution in [3.63, 3.8) is 0 Å². The first-order valence-electron chi connectivity index (χ1n) is 7.54. The molecule has 1 amide bonds. The predicted molar refractivity (Wildman–Crippen MR) is 91.4 cm³/mol. The number of hydrogen-bond donors (Lipinski definition) is 1. The lowest BCUT2D eigenvalue weighted by atomic mass is 10.1. The molecule has 0 aliphatic heterocycles. The molecule has 0 fully saturated rings. The van der Waals surface area contributed by atoms with Crippen LogP contribution in [0, 0.1) is 5.82 Å². The maximum absolute atomic E-state index is 12.8. The molecule has 1 N–H and O–H groups in total. The topological polar surface area (TPSA) is 38.3 Å². The molecule has 2 aromatic rings.